The van der Waals surface area contributed by atoms with Gasteiger partial charge in [0, 0.05) is 13.1 Å². The predicted octanol–water partition coefficient (Wildman–Crippen LogP) is 2.61. The molecule has 0 spiro atoms. The lowest BCUT2D eigenvalue weighted by atomic mass is 9.76. The van der Waals surface area contributed by atoms with Gasteiger partial charge in [0.2, 0.25) is 5.91 Å². The molecule has 0 radical (unpaired) electrons. The Bertz CT molecular complexity index is 433. The number of benzene rings is 1. The van der Waals surface area contributed by atoms with Gasteiger partial charge in [0.25, 0.3) is 0 Å². The fourth-order valence-electron chi connectivity index (χ4n) is 2.94. The van der Waals surface area contributed by atoms with Gasteiger partial charge in [-0.3, -0.25) is 4.79 Å². The second kappa shape index (κ2) is 6.84. The Labute approximate surface area is 120 Å². The summed E-state index contributed by atoms with van der Waals surface area (Å²) in [6.45, 7) is 4.33. The van der Waals surface area contributed by atoms with Crippen LogP contribution in [0.5, 0.6) is 0 Å². The van der Waals surface area contributed by atoms with Crippen LogP contribution in [0.4, 0.5) is 4.39 Å². The molecule has 0 saturated carbocycles. The van der Waals surface area contributed by atoms with Crippen LogP contribution >= 0.6 is 0 Å². The predicted molar refractivity (Wildman–Crippen MR) is 77.7 cm³/mol. The quantitative estimate of drug-likeness (QED) is 0.869. The second-order valence-corrected chi connectivity index (χ2v) is 5.62. The molecule has 0 aliphatic carbocycles. The zero-order valence-electron chi connectivity index (χ0n) is 12.0. The Morgan fingerprint density at radius 2 is 2.15 bits per heavy atom. The molecule has 1 saturated heterocycles. The Morgan fingerprint density at radius 1 is 1.40 bits per heavy atom. The number of carbonyl (C=O) groups is 1. The Morgan fingerprint density at radius 3 is 2.75 bits per heavy atom. The average molecular weight is 278 g/mol. The van der Waals surface area contributed by atoms with Crippen molar-refractivity contribution in [2.75, 3.05) is 13.1 Å². The maximum atomic E-state index is 12.8. The number of hydrogen-bond donors (Lipinski definition) is 2. The summed E-state index contributed by atoms with van der Waals surface area (Å²) in [5, 5.41) is 6.35. The number of hydrogen-bond acceptors (Lipinski definition) is 2. The highest BCUT2D eigenvalue weighted by atomic mass is 19.1. The summed E-state index contributed by atoms with van der Waals surface area (Å²) >= 11 is 0. The molecule has 1 aromatic carbocycles. The molecule has 1 fully saturated rings. The third-order valence-electron chi connectivity index (χ3n) is 4.05. The summed E-state index contributed by atoms with van der Waals surface area (Å²) < 4.78 is 12.8. The van der Waals surface area contributed by atoms with Gasteiger partial charge in [-0.25, -0.2) is 4.39 Å². The summed E-state index contributed by atoms with van der Waals surface area (Å²) in [6, 6.07) is 6.26. The molecule has 1 aromatic rings. The number of carbonyl (C=O) groups excluding carboxylic acids is 1. The van der Waals surface area contributed by atoms with Crippen LogP contribution in [0.25, 0.3) is 0 Å². The van der Waals surface area contributed by atoms with Crippen molar-refractivity contribution < 1.29 is 9.18 Å². The first-order chi connectivity index (χ1) is 9.66. The topological polar surface area (TPSA) is 41.1 Å². The summed E-state index contributed by atoms with van der Waals surface area (Å²) in [6.07, 6.45) is 3.91. The molecule has 20 heavy (non-hydrogen) atoms. The van der Waals surface area contributed by atoms with Gasteiger partial charge < -0.3 is 10.6 Å². The average Bonchev–Trinajstić information content (AvgIpc) is 2.47. The minimum Gasteiger partial charge on any atom is -0.352 e. The molecule has 0 bridgehead atoms. The summed E-state index contributed by atoms with van der Waals surface area (Å²) in [5.41, 5.74) is 0.655. The molecular formula is C16H23FN2O. The van der Waals surface area contributed by atoms with Crippen molar-refractivity contribution in [3.63, 3.8) is 0 Å². The number of nitrogens with one attached hydrogen (secondary N) is 2. The van der Waals surface area contributed by atoms with Gasteiger partial charge in [-0.05, 0) is 43.5 Å². The van der Waals surface area contributed by atoms with Crippen LogP contribution in [0, 0.1) is 11.2 Å². The first kappa shape index (κ1) is 15.0. The van der Waals surface area contributed by atoms with E-state index in [1.54, 1.807) is 12.1 Å². The van der Waals surface area contributed by atoms with Crippen molar-refractivity contribution >= 4 is 5.91 Å². The summed E-state index contributed by atoms with van der Waals surface area (Å²) in [7, 11) is 0. The molecule has 1 heterocycles. The van der Waals surface area contributed by atoms with E-state index in [0.29, 0.717) is 6.54 Å². The molecule has 110 valence electrons. The van der Waals surface area contributed by atoms with E-state index in [4.69, 9.17) is 0 Å². The van der Waals surface area contributed by atoms with Crippen LogP contribution in [-0.2, 0) is 11.3 Å². The lowest BCUT2D eigenvalue weighted by Crippen LogP contribution is -2.50. The molecule has 1 amide bonds. The highest BCUT2D eigenvalue weighted by Gasteiger charge is 2.38. The summed E-state index contributed by atoms with van der Waals surface area (Å²) in [4.78, 5) is 12.5. The van der Waals surface area contributed by atoms with Crippen molar-refractivity contribution in [1.29, 1.82) is 0 Å². The SMILES string of the molecule is CCCC1(C(=O)NCc2ccc(F)cc2)CCCNC1. The van der Waals surface area contributed by atoms with Crippen LogP contribution in [-0.4, -0.2) is 19.0 Å². The molecule has 2 N–H and O–H groups in total. The number of rotatable bonds is 5. The highest BCUT2D eigenvalue weighted by Crippen LogP contribution is 2.31. The Hall–Kier alpha value is -1.42. The van der Waals surface area contributed by atoms with Crippen LogP contribution in [0.15, 0.2) is 24.3 Å². The molecule has 2 rings (SSSR count). The zero-order chi connectivity index (χ0) is 14.4. The highest BCUT2D eigenvalue weighted by molar-refractivity contribution is 5.83. The van der Waals surface area contributed by atoms with Crippen LogP contribution < -0.4 is 10.6 Å². The minimum absolute atomic E-state index is 0.121. The third-order valence-corrected chi connectivity index (χ3v) is 4.05. The van der Waals surface area contributed by atoms with E-state index in [-0.39, 0.29) is 17.1 Å². The van der Waals surface area contributed by atoms with E-state index in [0.717, 1.165) is 44.3 Å². The standard InChI is InChI=1S/C16H23FN2O/c1-2-8-16(9-3-10-18-12-16)15(20)19-11-13-4-6-14(17)7-5-13/h4-7,18H,2-3,8-12H2,1H3,(H,19,20). The van der Waals surface area contributed by atoms with E-state index in [9.17, 15) is 9.18 Å². The van der Waals surface area contributed by atoms with Gasteiger partial charge in [0.15, 0.2) is 0 Å². The molecule has 4 heteroatoms. The lowest BCUT2D eigenvalue weighted by Gasteiger charge is -2.36. The first-order valence-electron chi connectivity index (χ1n) is 7.40. The molecule has 3 nitrogen and oxygen atoms in total. The number of halogens is 1. The number of amides is 1. The maximum absolute atomic E-state index is 12.8. The second-order valence-electron chi connectivity index (χ2n) is 5.62. The van der Waals surface area contributed by atoms with Crippen molar-refractivity contribution in [2.45, 2.75) is 39.2 Å². The van der Waals surface area contributed by atoms with Gasteiger partial charge in [-0.1, -0.05) is 25.5 Å². The van der Waals surface area contributed by atoms with E-state index in [2.05, 4.69) is 17.6 Å². The first-order valence-corrected chi connectivity index (χ1v) is 7.40. The lowest BCUT2D eigenvalue weighted by molar-refractivity contribution is -0.132. The van der Waals surface area contributed by atoms with Crippen LogP contribution in [0.3, 0.4) is 0 Å². The fourth-order valence-corrected chi connectivity index (χ4v) is 2.94. The number of piperidine rings is 1. The molecule has 1 atom stereocenters. The third kappa shape index (κ3) is 3.57. The van der Waals surface area contributed by atoms with Crippen molar-refractivity contribution in [3.8, 4) is 0 Å². The molecular weight excluding hydrogens is 255 g/mol. The smallest absolute Gasteiger partial charge is 0.227 e. The molecule has 1 aliphatic heterocycles. The molecule has 0 aromatic heterocycles. The largest absolute Gasteiger partial charge is 0.352 e. The van der Waals surface area contributed by atoms with Gasteiger partial charge >= 0.3 is 0 Å². The van der Waals surface area contributed by atoms with Crippen molar-refractivity contribution in [3.05, 3.63) is 35.6 Å². The normalized spacial score (nSPS) is 22.5. The molecule has 1 aliphatic rings. The maximum Gasteiger partial charge on any atom is 0.227 e. The summed E-state index contributed by atoms with van der Waals surface area (Å²) in [5.74, 6) is -0.130. The van der Waals surface area contributed by atoms with E-state index in [1.165, 1.54) is 12.1 Å². The van der Waals surface area contributed by atoms with Crippen LogP contribution in [0.1, 0.15) is 38.2 Å². The Balaban J connectivity index is 1.96. The van der Waals surface area contributed by atoms with Gasteiger partial charge in [0.05, 0.1) is 5.41 Å². The van der Waals surface area contributed by atoms with E-state index in [1.807, 2.05) is 0 Å². The van der Waals surface area contributed by atoms with E-state index >= 15 is 0 Å². The van der Waals surface area contributed by atoms with Gasteiger partial charge in [-0.2, -0.15) is 0 Å². The minimum atomic E-state index is -0.271. The fraction of sp³-hybridized carbons (Fsp3) is 0.562. The zero-order valence-corrected chi connectivity index (χ0v) is 12.0. The van der Waals surface area contributed by atoms with Gasteiger partial charge in [-0.15, -0.1) is 0 Å². The van der Waals surface area contributed by atoms with Crippen LogP contribution in [0.2, 0.25) is 0 Å². The van der Waals surface area contributed by atoms with E-state index < -0.39 is 0 Å². The monoisotopic (exact) mass is 278 g/mol. The van der Waals surface area contributed by atoms with Crippen molar-refractivity contribution in [1.82, 2.24) is 10.6 Å². The molecule has 1 unspecified atom stereocenters. The Kier molecular flexibility index (Phi) is 5.12. The van der Waals surface area contributed by atoms with Crippen molar-refractivity contribution in [2.24, 2.45) is 5.41 Å². The van der Waals surface area contributed by atoms with Gasteiger partial charge in [0.1, 0.15) is 5.82 Å².